The Morgan fingerprint density at radius 1 is 1.00 bits per heavy atom. The number of piperazine rings is 1. The van der Waals surface area contributed by atoms with Crippen LogP contribution in [0.4, 0.5) is 8.78 Å². The Balaban J connectivity index is 1.60. The largest absolute Gasteiger partial charge is 0.332 e. The van der Waals surface area contributed by atoms with E-state index in [1.165, 1.54) is 14.8 Å². The molecule has 0 aliphatic carbocycles. The molecule has 2 aromatic carbocycles. The predicted molar refractivity (Wildman–Crippen MR) is 90.8 cm³/mol. The van der Waals surface area contributed by atoms with Crippen LogP contribution in [0.5, 0.6) is 0 Å². The topological polar surface area (TPSA) is 41.8 Å². The third-order valence-corrected chi connectivity index (χ3v) is 6.46. The first-order chi connectivity index (χ1) is 12.0. The van der Waals surface area contributed by atoms with Gasteiger partial charge in [-0.05, 0) is 23.8 Å². The second-order valence-corrected chi connectivity index (χ2v) is 8.12. The van der Waals surface area contributed by atoms with E-state index in [1.54, 1.807) is 0 Å². The van der Waals surface area contributed by atoms with Gasteiger partial charge in [-0.3, -0.25) is 0 Å². The van der Waals surface area contributed by atoms with Crippen molar-refractivity contribution in [2.75, 3.05) is 32.7 Å². The summed E-state index contributed by atoms with van der Waals surface area (Å²) in [4.78, 5) is 0.732. The number of nitrogens with one attached hydrogen (secondary N) is 1. The third kappa shape index (κ3) is 4.23. The number of hydrogen-bond acceptors (Lipinski definition) is 2. The van der Waals surface area contributed by atoms with E-state index in [0.717, 1.165) is 31.2 Å². The van der Waals surface area contributed by atoms with Gasteiger partial charge in [-0.2, -0.15) is 4.31 Å². The van der Waals surface area contributed by atoms with E-state index in [4.69, 9.17) is 0 Å². The van der Waals surface area contributed by atoms with Crippen LogP contribution in [0.25, 0.3) is 0 Å². The molecule has 1 aliphatic rings. The molecule has 1 aliphatic heterocycles. The lowest BCUT2D eigenvalue weighted by Gasteiger charge is -2.31. The lowest BCUT2D eigenvalue weighted by molar-refractivity contribution is -0.903. The van der Waals surface area contributed by atoms with Gasteiger partial charge in [-0.15, -0.1) is 0 Å². The second kappa shape index (κ2) is 7.59. The Kier molecular flexibility index (Phi) is 5.46. The minimum atomic E-state index is -4.00. The van der Waals surface area contributed by atoms with Crippen LogP contribution in [0.15, 0.2) is 53.4 Å². The van der Waals surface area contributed by atoms with E-state index in [1.807, 2.05) is 18.2 Å². The Morgan fingerprint density at radius 3 is 2.36 bits per heavy atom. The van der Waals surface area contributed by atoms with Crippen LogP contribution in [-0.4, -0.2) is 45.4 Å². The van der Waals surface area contributed by atoms with E-state index in [2.05, 4.69) is 12.1 Å². The summed E-state index contributed by atoms with van der Waals surface area (Å²) >= 11 is 0. The molecule has 4 nitrogen and oxygen atoms in total. The lowest BCUT2D eigenvalue weighted by Crippen LogP contribution is -3.15. The highest BCUT2D eigenvalue weighted by Crippen LogP contribution is 2.20. The maximum Gasteiger partial charge on any atom is 0.246 e. The van der Waals surface area contributed by atoms with Gasteiger partial charge < -0.3 is 4.90 Å². The van der Waals surface area contributed by atoms with Crippen LogP contribution < -0.4 is 4.90 Å². The van der Waals surface area contributed by atoms with Crippen molar-refractivity contribution in [3.05, 3.63) is 65.7 Å². The van der Waals surface area contributed by atoms with Crippen LogP contribution >= 0.6 is 0 Å². The lowest BCUT2D eigenvalue weighted by atomic mass is 10.1. The highest BCUT2D eigenvalue weighted by atomic mass is 32.2. The summed E-state index contributed by atoms with van der Waals surface area (Å²) in [7, 11) is -4.00. The highest BCUT2D eigenvalue weighted by Gasteiger charge is 2.32. The smallest absolute Gasteiger partial charge is 0.246 e. The van der Waals surface area contributed by atoms with Crippen LogP contribution in [0.3, 0.4) is 0 Å². The Morgan fingerprint density at radius 2 is 1.68 bits per heavy atom. The first-order valence-electron chi connectivity index (χ1n) is 8.29. The molecule has 0 saturated carbocycles. The number of benzene rings is 2. The Hall–Kier alpha value is -1.83. The van der Waals surface area contributed by atoms with Gasteiger partial charge in [0.15, 0.2) is 0 Å². The number of nitrogens with zero attached hydrogens (tertiary/aromatic N) is 1. The maximum atomic E-state index is 13.8. The van der Waals surface area contributed by atoms with Crippen molar-refractivity contribution in [3.8, 4) is 0 Å². The molecule has 0 bridgehead atoms. The Labute approximate surface area is 146 Å². The van der Waals surface area contributed by atoms with Crippen molar-refractivity contribution in [2.45, 2.75) is 11.3 Å². The number of quaternary nitrogens is 1. The molecule has 7 heteroatoms. The van der Waals surface area contributed by atoms with Gasteiger partial charge in [0.25, 0.3) is 0 Å². The molecule has 1 fully saturated rings. The zero-order valence-corrected chi connectivity index (χ0v) is 14.6. The highest BCUT2D eigenvalue weighted by molar-refractivity contribution is 7.89. The van der Waals surface area contributed by atoms with E-state index < -0.39 is 26.6 Å². The molecule has 1 heterocycles. The van der Waals surface area contributed by atoms with Gasteiger partial charge in [0, 0.05) is 6.42 Å². The summed E-state index contributed by atoms with van der Waals surface area (Å²) in [6.45, 7) is 2.85. The fourth-order valence-electron chi connectivity index (χ4n) is 3.07. The first-order valence-corrected chi connectivity index (χ1v) is 9.73. The second-order valence-electron chi connectivity index (χ2n) is 6.21. The summed E-state index contributed by atoms with van der Waals surface area (Å²) in [6.07, 6.45) is 0.932. The fourth-order valence-corrected chi connectivity index (χ4v) is 4.59. The SMILES string of the molecule is O=S(=O)(c1cc(F)ccc1F)N1CC[NH+](CCc2ccccc2)CC1. The van der Waals surface area contributed by atoms with Gasteiger partial charge >= 0.3 is 0 Å². The zero-order valence-electron chi connectivity index (χ0n) is 13.8. The van der Waals surface area contributed by atoms with E-state index in [-0.39, 0.29) is 0 Å². The zero-order chi connectivity index (χ0) is 17.9. The van der Waals surface area contributed by atoms with Crippen molar-refractivity contribution in [1.82, 2.24) is 4.31 Å². The van der Waals surface area contributed by atoms with E-state index in [0.29, 0.717) is 26.2 Å². The fraction of sp³-hybridized carbons (Fsp3) is 0.333. The van der Waals surface area contributed by atoms with Crippen LogP contribution in [-0.2, 0) is 16.4 Å². The molecule has 0 atom stereocenters. The quantitative estimate of drug-likeness (QED) is 0.860. The van der Waals surface area contributed by atoms with Crippen molar-refractivity contribution in [3.63, 3.8) is 0 Å². The van der Waals surface area contributed by atoms with Gasteiger partial charge in [-0.1, -0.05) is 30.3 Å². The molecule has 0 radical (unpaired) electrons. The molecule has 1 N–H and O–H groups in total. The van der Waals surface area contributed by atoms with Crippen molar-refractivity contribution in [2.24, 2.45) is 0 Å². The van der Waals surface area contributed by atoms with Crippen molar-refractivity contribution >= 4 is 10.0 Å². The standard InChI is InChI=1S/C18H20F2N2O2S/c19-16-6-7-17(20)18(14-16)25(23,24)22-12-10-21(11-13-22)9-8-15-4-2-1-3-5-15/h1-7,14H,8-13H2/p+1. The summed E-state index contributed by atoms with van der Waals surface area (Å²) < 4.78 is 53.5. The molecule has 0 unspecified atom stereocenters. The van der Waals surface area contributed by atoms with Crippen LogP contribution in [0, 0.1) is 11.6 Å². The molecular formula is C18H21F2N2O2S+. The third-order valence-electron chi connectivity index (χ3n) is 4.55. The van der Waals surface area contributed by atoms with Crippen molar-refractivity contribution < 1.29 is 22.1 Å². The maximum absolute atomic E-state index is 13.8. The normalized spacial score (nSPS) is 16.9. The molecule has 2 aromatic rings. The Bertz CT molecular complexity index is 820. The van der Waals surface area contributed by atoms with Gasteiger partial charge in [0.1, 0.15) is 16.5 Å². The molecule has 3 rings (SSSR count). The summed E-state index contributed by atoms with van der Waals surface area (Å²) in [5.74, 6) is -1.67. The van der Waals surface area contributed by atoms with Gasteiger partial charge in [-0.25, -0.2) is 17.2 Å². The molecule has 25 heavy (non-hydrogen) atoms. The summed E-state index contributed by atoms with van der Waals surface area (Å²) in [6, 6.07) is 12.7. The summed E-state index contributed by atoms with van der Waals surface area (Å²) in [5.41, 5.74) is 1.26. The molecule has 0 aromatic heterocycles. The molecule has 0 amide bonds. The molecular weight excluding hydrogens is 346 g/mol. The van der Waals surface area contributed by atoms with Crippen LogP contribution in [0.2, 0.25) is 0 Å². The number of halogens is 2. The monoisotopic (exact) mass is 367 g/mol. The predicted octanol–water partition coefficient (Wildman–Crippen LogP) is 1.10. The van der Waals surface area contributed by atoms with Gasteiger partial charge in [0.05, 0.1) is 32.7 Å². The van der Waals surface area contributed by atoms with Crippen molar-refractivity contribution in [1.29, 1.82) is 0 Å². The number of rotatable bonds is 5. The molecule has 1 saturated heterocycles. The first kappa shape index (κ1) is 18.0. The van der Waals surface area contributed by atoms with E-state index in [9.17, 15) is 17.2 Å². The molecule has 0 spiro atoms. The van der Waals surface area contributed by atoms with Crippen LogP contribution in [0.1, 0.15) is 5.56 Å². The summed E-state index contributed by atoms with van der Waals surface area (Å²) in [5, 5.41) is 0. The number of hydrogen-bond donors (Lipinski definition) is 1. The van der Waals surface area contributed by atoms with E-state index >= 15 is 0 Å². The minimum Gasteiger partial charge on any atom is -0.332 e. The van der Waals surface area contributed by atoms with Gasteiger partial charge in [0.2, 0.25) is 10.0 Å². The average molecular weight is 367 g/mol. The average Bonchev–Trinajstić information content (AvgIpc) is 2.63. The minimum absolute atomic E-state index is 0.308. The molecule has 134 valence electrons. The number of sulfonamides is 1.